The van der Waals surface area contributed by atoms with E-state index < -0.39 is 40.5 Å². The lowest BCUT2D eigenvalue weighted by Crippen LogP contribution is -2.23. The minimum absolute atomic E-state index is 0.153. The summed E-state index contributed by atoms with van der Waals surface area (Å²) in [6.07, 6.45) is 5.41. The van der Waals surface area contributed by atoms with E-state index in [2.05, 4.69) is 70.5 Å². The van der Waals surface area contributed by atoms with E-state index in [1.54, 1.807) is 24.3 Å². The van der Waals surface area contributed by atoms with Crippen molar-refractivity contribution in [1.82, 2.24) is 0 Å². The van der Waals surface area contributed by atoms with E-state index >= 15 is 0 Å². The fourth-order valence-electron chi connectivity index (χ4n) is 2.16. The standard InChI is InChI=1S/C32H31F5O/c1-20(2)12-13-21(3)22(4)14-15-23(5)24(6)18-30(34)28(10)25(7)19-31(35)29(11)32(36,37)38-27(9)17-16-26(8)33/h12-19H,1,3-11H2,2H3/b13-12-,15-14-,17-16-,30-18+,31-19+. The molecule has 0 aliphatic heterocycles. The summed E-state index contributed by atoms with van der Waals surface area (Å²) in [6.45, 7) is 36.8. The van der Waals surface area contributed by atoms with Gasteiger partial charge in [0.05, 0.1) is 5.57 Å². The number of allylic oxidation sites excluding steroid dienone is 17. The molecular formula is C32H31F5O. The Morgan fingerprint density at radius 1 is 0.579 bits per heavy atom. The van der Waals surface area contributed by atoms with Gasteiger partial charge in [0.1, 0.15) is 23.2 Å². The van der Waals surface area contributed by atoms with Crippen LogP contribution in [0.25, 0.3) is 0 Å². The molecular weight excluding hydrogens is 495 g/mol. The SMILES string of the molecule is C=C(C)/C=C\C(=C)C(=C)/C=C\C(=C)C(=C)/C=C(/F)C(=C)C(=C)/C=C(/F)C(=C)C(F)(F)OC(=C)/C=C\C(=C)F. The maximum atomic E-state index is 14.7. The second-order valence-corrected chi connectivity index (χ2v) is 7.95. The van der Waals surface area contributed by atoms with Crippen molar-refractivity contribution < 1.29 is 26.7 Å². The van der Waals surface area contributed by atoms with Crippen molar-refractivity contribution in [3.05, 3.63) is 182 Å². The van der Waals surface area contributed by atoms with Gasteiger partial charge in [0.25, 0.3) is 0 Å². The number of hydrogen-bond donors (Lipinski definition) is 0. The highest BCUT2D eigenvalue weighted by atomic mass is 19.3. The normalized spacial score (nSPS) is 12.5. The average molecular weight is 527 g/mol. The quantitative estimate of drug-likeness (QED) is 0.110. The predicted molar refractivity (Wildman–Crippen MR) is 150 cm³/mol. The van der Waals surface area contributed by atoms with Gasteiger partial charge in [0.15, 0.2) is 0 Å². The van der Waals surface area contributed by atoms with E-state index in [0.717, 1.165) is 23.8 Å². The molecule has 38 heavy (non-hydrogen) atoms. The van der Waals surface area contributed by atoms with Crippen molar-refractivity contribution in [2.24, 2.45) is 0 Å². The highest BCUT2D eigenvalue weighted by molar-refractivity contribution is 5.54. The Balaban J connectivity index is 5.41. The smallest absolute Gasteiger partial charge is 0.428 e. The molecule has 0 aromatic heterocycles. The van der Waals surface area contributed by atoms with Crippen molar-refractivity contribution in [3.63, 3.8) is 0 Å². The summed E-state index contributed by atoms with van der Waals surface area (Å²) < 4.78 is 74.3. The third kappa shape index (κ3) is 12.0. The lowest BCUT2D eigenvalue weighted by atomic mass is 10.0. The Labute approximate surface area is 222 Å². The molecule has 0 spiro atoms. The summed E-state index contributed by atoms with van der Waals surface area (Å²) in [4.78, 5) is 0. The number of halogens is 5. The topological polar surface area (TPSA) is 9.23 Å². The molecule has 0 amide bonds. The van der Waals surface area contributed by atoms with Crippen LogP contribution in [-0.4, -0.2) is 6.11 Å². The molecule has 1 nitrogen and oxygen atoms in total. The molecule has 0 rings (SSSR count). The van der Waals surface area contributed by atoms with Crippen LogP contribution in [-0.2, 0) is 4.74 Å². The van der Waals surface area contributed by atoms with Gasteiger partial charge in [-0.1, -0.05) is 95.7 Å². The van der Waals surface area contributed by atoms with Crippen LogP contribution in [0, 0.1) is 0 Å². The molecule has 200 valence electrons. The van der Waals surface area contributed by atoms with Crippen molar-refractivity contribution in [2.45, 2.75) is 13.0 Å². The second-order valence-electron chi connectivity index (χ2n) is 7.95. The van der Waals surface area contributed by atoms with Crippen LogP contribution in [0.15, 0.2) is 182 Å². The van der Waals surface area contributed by atoms with Gasteiger partial charge in [-0.3, -0.25) is 0 Å². The van der Waals surface area contributed by atoms with E-state index in [-0.39, 0.29) is 11.1 Å². The van der Waals surface area contributed by atoms with Crippen LogP contribution < -0.4 is 0 Å². The van der Waals surface area contributed by atoms with Crippen LogP contribution in [0.2, 0.25) is 0 Å². The highest BCUT2D eigenvalue weighted by Crippen LogP contribution is 2.34. The lowest BCUT2D eigenvalue weighted by molar-refractivity contribution is -0.177. The second kappa shape index (κ2) is 15.0. The molecule has 0 unspecified atom stereocenters. The number of hydrogen-bond acceptors (Lipinski definition) is 1. The summed E-state index contributed by atoms with van der Waals surface area (Å²) in [5, 5.41) is 0. The zero-order chi connectivity index (χ0) is 29.8. The zero-order valence-corrected chi connectivity index (χ0v) is 21.5. The number of rotatable bonds is 16. The molecule has 0 saturated carbocycles. The fraction of sp³-hybridized carbons (Fsp3) is 0.0625. The first-order valence-electron chi connectivity index (χ1n) is 10.8. The zero-order valence-electron chi connectivity index (χ0n) is 21.5. The molecule has 0 saturated heterocycles. The molecule has 0 atom stereocenters. The monoisotopic (exact) mass is 526 g/mol. The molecule has 0 fully saturated rings. The Morgan fingerprint density at radius 2 is 1.03 bits per heavy atom. The van der Waals surface area contributed by atoms with Crippen molar-refractivity contribution in [1.29, 1.82) is 0 Å². The van der Waals surface area contributed by atoms with E-state index in [0.29, 0.717) is 22.8 Å². The van der Waals surface area contributed by atoms with Crippen molar-refractivity contribution >= 4 is 0 Å². The largest absolute Gasteiger partial charge is 0.429 e. The molecule has 0 aliphatic carbocycles. The minimum Gasteiger partial charge on any atom is -0.429 e. The van der Waals surface area contributed by atoms with Crippen LogP contribution in [0.5, 0.6) is 0 Å². The van der Waals surface area contributed by atoms with Gasteiger partial charge < -0.3 is 4.74 Å². The molecule has 0 aromatic rings. The molecule has 0 aromatic carbocycles. The van der Waals surface area contributed by atoms with Crippen molar-refractivity contribution in [3.8, 4) is 0 Å². The number of alkyl halides is 2. The van der Waals surface area contributed by atoms with Crippen LogP contribution in [0.1, 0.15) is 6.92 Å². The third-order valence-electron chi connectivity index (χ3n) is 4.51. The summed E-state index contributed by atoms with van der Waals surface area (Å²) in [5.74, 6) is -4.11. The Hall–Kier alpha value is -4.45. The molecule has 0 aliphatic rings. The number of ether oxygens (including phenoxy) is 1. The minimum atomic E-state index is -4.25. The van der Waals surface area contributed by atoms with E-state index in [4.69, 9.17) is 0 Å². The first-order valence-corrected chi connectivity index (χ1v) is 10.8. The fourth-order valence-corrected chi connectivity index (χ4v) is 2.16. The molecule has 0 bridgehead atoms. The van der Waals surface area contributed by atoms with Gasteiger partial charge in [-0.25, -0.2) is 13.2 Å². The molecule has 0 N–H and O–H groups in total. The van der Waals surface area contributed by atoms with Gasteiger partial charge in [-0.15, -0.1) is 0 Å². The maximum absolute atomic E-state index is 14.7. The van der Waals surface area contributed by atoms with Crippen LogP contribution in [0.3, 0.4) is 0 Å². The van der Waals surface area contributed by atoms with Gasteiger partial charge >= 0.3 is 6.11 Å². The summed E-state index contributed by atoms with van der Waals surface area (Å²) in [6, 6.07) is 0. The van der Waals surface area contributed by atoms with Crippen LogP contribution in [0.4, 0.5) is 22.0 Å². The van der Waals surface area contributed by atoms with Gasteiger partial charge in [0.2, 0.25) is 0 Å². The van der Waals surface area contributed by atoms with Gasteiger partial charge in [-0.05, 0) is 59.1 Å². The van der Waals surface area contributed by atoms with Gasteiger partial charge in [0, 0.05) is 5.57 Å². The van der Waals surface area contributed by atoms with E-state index in [1.165, 1.54) is 0 Å². The molecule has 0 heterocycles. The summed E-state index contributed by atoms with van der Waals surface area (Å²) in [5.41, 5.74) is 0.376. The van der Waals surface area contributed by atoms with E-state index in [1.807, 2.05) is 6.92 Å². The highest BCUT2D eigenvalue weighted by Gasteiger charge is 2.38. The van der Waals surface area contributed by atoms with Crippen LogP contribution >= 0.6 is 0 Å². The maximum Gasteiger partial charge on any atom is 0.428 e. The Kier molecular flexibility index (Phi) is 13.2. The Bertz CT molecular complexity index is 1260. The average Bonchev–Trinajstić information content (AvgIpc) is 2.82. The molecule has 6 heteroatoms. The van der Waals surface area contributed by atoms with Gasteiger partial charge in [-0.2, -0.15) is 8.78 Å². The lowest BCUT2D eigenvalue weighted by Gasteiger charge is -2.19. The summed E-state index contributed by atoms with van der Waals surface area (Å²) >= 11 is 0. The Morgan fingerprint density at radius 3 is 1.50 bits per heavy atom. The van der Waals surface area contributed by atoms with Crippen molar-refractivity contribution in [2.75, 3.05) is 0 Å². The molecule has 0 radical (unpaired) electrons. The predicted octanol–water partition coefficient (Wildman–Crippen LogP) is 10.4. The third-order valence-corrected chi connectivity index (χ3v) is 4.51. The van der Waals surface area contributed by atoms with E-state index in [9.17, 15) is 22.0 Å². The first-order chi connectivity index (χ1) is 17.4. The first kappa shape index (κ1) is 33.5. The summed E-state index contributed by atoms with van der Waals surface area (Å²) in [7, 11) is 0.